The van der Waals surface area contributed by atoms with E-state index in [0.717, 1.165) is 57.1 Å². The number of aryl methyl sites for hydroxylation is 1. The van der Waals surface area contributed by atoms with Crippen molar-refractivity contribution in [1.29, 1.82) is 0 Å². The number of primary amides is 1. The van der Waals surface area contributed by atoms with Gasteiger partial charge in [-0.25, -0.2) is 0 Å². The minimum atomic E-state index is -1.66. The number of unbranched alkanes of at least 4 members (excludes halogenated alkanes) is 12. The maximum absolute atomic E-state index is 14.4. The van der Waals surface area contributed by atoms with E-state index in [4.69, 9.17) is 11.5 Å². The quantitative estimate of drug-likeness (QED) is 0.0541. The van der Waals surface area contributed by atoms with Gasteiger partial charge in [0.15, 0.2) is 0 Å². The first-order valence-corrected chi connectivity index (χ1v) is 29.1. The fourth-order valence-corrected chi connectivity index (χ4v) is 11.8. The van der Waals surface area contributed by atoms with E-state index in [9.17, 15) is 58.8 Å². The molecule has 0 bridgehead atoms. The Morgan fingerprint density at radius 3 is 1.77 bits per heavy atom. The van der Waals surface area contributed by atoms with Gasteiger partial charge in [0.25, 0.3) is 0 Å². The summed E-state index contributed by atoms with van der Waals surface area (Å²) < 4.78 is 0. The highest BCUT2D eigenvalue weighted by Crippen LogP contribution is 2.26. The summed E-state index contributed by atoms with van der Waals surface area (Å²) in [5, 5.41) is 55.8. The molecular weight excluding hydrogens is 995 g/mol. The number of rotatable bonds is 23. The summed E-state index contributed by atoms with van der Waals surface area (Å²) >= 11 is 0. The first kappa shape index (κ1) is 61.9. The third-order valence-corrected chi connectivity index (χ3v) is 16.2. The highest BCUT2D eigenvalue weighted by Gasteiger charge is 2.45. The number of aliphatic hydroxyl groups is 3. The molecule has 416 valence electrons. The molecule has 4 rings (SSSR count). The second-order valence-electron chi connectivity index (χ2n) is 19.9. The topological polar surface area (TPSA) is 336 Å². The van der Waals surface area contributed by atoms with Gasteiger partial charge in [-0.2, -0.15) is 0 Å². The average molecular weight is 1080 g/mol. The van der Waals surface area contributed by atoms with Crippen LogP contribution in [0.4, 0.5) is 0 Å². The van der Waals surface area contributed by atoms with E-state index in [2.05, 4.69) is 33.5 Å². The van der Waals surface area contributed by atoms with E-state index in [0.29, 0.717) is 12.0 Å². The van der Waals surface area contributed by atoms with Gasteiger partial charge in [0.1, 0.15) is 48.0 Å². The Balaban J connectivity index is 1.59. The van der Waals surface area contributed by atoms with E-state index in [1.807, 2.05) is 0 Å². The molecule has 21 nitrogen and oxygen atoms in total. The average Bonchev–Trinajstić information content (AvgIpc) is 3.97. The number of benzene rings is 1. The number of nitrogens with zero attached hydrogens (tertiary/aromatic N) is 2. The van der Waals surface area contributed by atoms with Gasteiger partial charge in [-0.05, 0) is 63.3 Å². The van der Waals surface area contributed by atoms with Gasteiger partial charge >= 0.3 is 0 Å². The summed E-state index contributed by atoms with van der Waals surface area (Å²) in [5.41, 5.74) is 12.2. The van der Waals surface area contributed by atoms with Crippen LogP contribution in [0.1, 0.15) is 141 Å². The van der Waals surface area contributed by atoms with E-state index < -0.39 is 108 Å². The van der Waals surface area contributed by atoms with Crippen LogP contribution in [0.2, 0.25) is 0 Å². The van der Waals surface area contributed by atoms with Crippen LogP contribution in [0.3, 0.4) is 0 Å². The summed E-state index contributed by atoms with van der Waals surface area (Å²) in [4.78, 5) is 114. The minimum absolute atomic E-state index is 0.00283. The second-order valence-corrected chi connectivity index (χ2v) is 22.5. The molecule has 0 radical (unpaired) electrons. The molecule has 13 N–H and O–H groups in total. The van der Waals surface area contributed by atoms with Crippen molar-refractivity contribution in [3.05, 3.63) is 29.8 Å². The van der Waals surface area contributed by atoms with Crippen molar-refractivity contribution >= 4 is 68.8 Å². The highest BCUT2D eigenvalue weighted by atomic mass is 33.1. The summed E-state index contributed by atoms with van der Waals surface area (Å²) in [7, 11) is 2.12. The van der Waals surface area contributed by atoms with Crippen LogP contribution in [0.5, 0.6) is 5.75 Å². The number of nitrogens with two attached hydrogens (primary N) is 2. The standard InChI is InChI=1S/C51H83N9O12S2/c1-3-4-5-6-7-8-9-10-11-12-13-14-15-18-43(65)54-40-31-74-73-30-39(45(53)66)57-49(70)41-26-35(63)28-59(41)50(71)38(17-16-25-52)56-46(67)37(24-21-33-19-22-34(62)23-20-33)55-48(69)42-27-36(64)29-60(42)51(72)44(32(2)61)58-47(40)68/h19-20,22-23,32,35-42,44,61-64H,3-18,21,24-31,52H2,1-2H3,(H2,53,66)(H,54,65)(H,55,69)(H,56,67)(H,57,70)(H,58,68)/t32-,35-,36-,37+,38+,39+,40-,41+,42+,44+/m1/s1. The zero-order valence-electron chi connectivity index (χ0n) is 43.2. The lowest BCUT2D eigenvalue weighted by molar-refractivity contribution is -0.145. The van der Waals surface area contributed by atoms with Crippen LogP contribution in [-0.2, 0) is 44.8 Å². The van der Waals surface area contributed by atoms with Crippen molar-refractivity contribution in [2.45, 2.75) is 203 Å². The molecule has 3 fully saturated rings. The van der Waals surface area contributed by atoms with Crippen molar-refractivity contribution in [2.24, 2.45) is 11.5 Å². The SMILES string of the molecule is CCCCCCCCCCCCCCCC(=O)N[C@@H]1CSSC[C@@H](C(N)=O)NC(=O)[C@@H]2C[C@@H](O)CN2C(=O)[C@H](CCCN)NC(=O)[C@H](CCc2ccc(O)cc2)NC(=O)[C@@H]2C[C@@H](O)CN2C(=O)[C@H]([C@@H](C)O)NC1=O. The molecule has 3 heterocycles. The third-order valence-electron chi connectivity index (χ3n) is 13.7. The molecule has 0 spiro atoms. The molecule has 10 atom stereocenters. The van der Waals surface area contributed by atoms with E-state index in [1.165, 1.54) is 70.4 Å². The summed E-state index contributed by atoms with van der Waals surface area (Å²) in [6.45, 7) is 2.95. The molecule has 3 saturated heterocycles. The Labute approximate surface area is 443 Å². The Morgan fingerprint density at radius 1 is 0.689 bits per heavy atom. The number of hydrogen-bond acceptors (Lipinski definition) is 15. The van der Waals surface area contributed by atoms with Crippen molar-refractivity contribution < 1.29 is 58.8 Å². The highest BCUT2D eigenvalue weighted by molar-refractivity contribution is 8.76. The second kappa shape index (κ2) is 32.7. The minimum Gasteiger partial charge on any atom is -0.508 e. The fourth-order valence-electron chi connectivity index (χ4n) is 9.44. The molecule has 3 aliphatic heterocycles. The van der Waals surface area contributed by atoms with E-state index in [1.54, 1.807) is 12.1 Å². The molecule has 23 heteroatoms. The molecule has 74 heavy (non-hydrogen) atoms. The van der Waals surface area contributed by atoms with E-state index >= 15 is 0 Å². The van der Waals surface area contributed by atoms with Gasteiger partial charge in [-0.1, -0.05) is 118 Å². The monoisotopic (exact) mass is 1080 g/mol. The number of amides is 8. The third kappa shape index (κ3) is 20.5. The lowest BCUT2D eigenvalue weighted by atomic mass is 10.0. The molecule has 8 amide bonds. The van der Waals surface area contributed by atoms with Gasteiger partial charge in [-0.3, -0.25) is 38.4 Å². The molecule has 0 aromatic heterocycles. The smallest absolute Gasteiger partial charge is 0.248 e. The van der Waals surface area contributed by atoms with Crippen LogP contribution in [-0.4, -0.2) is 169 Å². The number of phenols is 1. The lowest BCUT2D eigenvalue weighted by Gasteiger charge is -2.32. The molecule has 0 unspecified atom stereocenters. The fraction of sp³-hybridized carbons (Fsp3) is 0.725. The lowest BCUT2D eigenvalue weighted by Crippen LogP contribution is -2.61. The van der Waals surface area contributed by atoms with Crippen molar-refractivity contribution in [1.82, 2.24) is 36.4 Å². The number of fused-ring (bicyclic) bond motifs is 2. The van der Waals surface area contributed by atoms with Crippen LogP contribution in [0.15, 0.2) is 24.3 Å². The van der Waals surface area contributed by atoms with Crippen molar-refractivity contribution in [2.75, 3.05) is 31.1 Å². The maximum atomic E-state index is 14.4. The molecule has 3 aliphatic rings. The van der Waals surface area contributed by atoms with E-state index in [-0.39, 0.29) is 81.8 Å². The number of phenolic OH excluding ortho intramolecular Hbond substituents is 1. The number of aliphatic hydroxyl groups excluding tert-OH is 3. The van der Waals surface area contributed by atoms with Gasteiger partial charge < -0.3 is 68.3 Å². The zero-order valence-corrected chi connectivity index (χ0v) is 44.8. The zero-order chi connectivity index (χ0) is 54.2. The molecule has 0 aliphatic carbocycles. The van der Waals surface area contributed by atoms with Crippen LogP contribution in [0, 0.1) is 0 Å². The normalized spacial score (nSPS) is 26.3. The number of carbonyl (C=O) groups is 8. The summed E-state index contributed by atoms with van der Waals surface area (Å²) in [6, 6.07) is -3.41. The Morgan fingerprint density at radius 2 is 1.22 bits per heavy atom. The Bertz CT molecular complexity index is 1990. The molecule has 1 aromatic carbocycles. The predicted octanol–water partition coefficient (Wildman–Crippen LogP) is 1.15. The van der Waals surface area contributed by atoms with Gasteiger partial charge in [0, 0.05) is 43.9 Å². The van der Waals surface area contributed by atoms with Crippen molar-refractivity contribution in [3.63, 3.8) is 0 Å². The van der Waals surface area contributed by atoms with Crippen LogP contribution >= 0.6 is 21.6 Å². The first-order chi connectivity index (χ1) is 35.4. The number of hydrogen-bond donors (Lipinski definition) is 11. The van der Waals surface area contributed by atoms with Gasteiger partial charge in [0.2, 0.25) is 47.3 Å². The Hall–Kier alpha value is -4.68. The molecule has 1 aromatic rings. The largest absolute Gasteiger partial charge is 0.508 e. The van der Waals surface area contributed by atoms with Crippen LogP contribution < -0.4 is 38.1 Å². The van der Waals surface area contributed by atoms with Crippen LogP contribution in [0.25, 0.3) is 0 Å². The summed E-state index contributed by atoms with van der Waals surface area (Å²) in [5.74, 6) is -6.51. The molecular formula is C51H83N9O12S2. The number of carbonyl (C=O) groups excluding carboxylic acids is 8. The maximum Gasteiger partial charge on any atom is 0.248 e. The number of aromatic hydroxyl groups is 1. The van der Waals surface area contributed by atoms with Gasteiger partial charge in [-0.15, -0.1) is 0 Å². The Kier molecular flexibility index (Phi) is 27.3. The number of nitrogens with one attached hydrogen (secondary N) is 5. The molecule has 0 saturated carbocycles. The summed E-state index contributed by atoms with van der Waals surface area (Å²) in [6.07, 6.45) is 10.7. The van der Waals surface area contributed by atoms with Gasteiger partial charge in [0.05, 0.1) is 18.3 Å². The predicted molar refractivity (Wildman–Crippen MR) is 283 cm³/mol. The van der Waals surface area contributed by atoms with Crippen molar-refractivity contribution in [3.8, 4) is 5.75 Å². The first-order valence-electron chi connectivity index (χ1n) is 26.6.